The Balaban J connectivity index is 1.80. The molecule has 1 heterocycles. The average molecular weight is 431 g/mol. The summed E-state index contributed by atoms with van der Waals surface area (Å²) in [7, 11) is 1.59. The van der Waals surface area contributed by atoms with Crippen molar-refractivity contribution in [3.8, 4) is 11.5 Å². The van der Waals surface area contributed by atoms with Crippen LogP contribution in [0.25, 0.3) is 0 Å². The van der Waals surface area contributed by atoms with E-state index in [0.29, 0.717) is 47.3 Å². The Labute approximate surface area is 182 Å². The molecule has 1 fully saturated rings. The number of nitrogens with zero attached hydrogens (tertiary/aromatic N) is 1. The van der Waals surface area contributed by atoms with Crippen LogP contribution in [0.2, 0.25) is 5.02 Å². The number of nitrogens with one attached hydrogen (secondary N) is 1. The average Bonchev–Trinajstić information content (AvgIpc) is 3.17. The molecule has 0 radical (unpaired) electrons. The first kappa shape index (κ1) is 22.0. The Hall–Kier alpha value is -2.73. The predicted molar refractivity (Wildman–Crippen MR) is 118 cm³/mol. The number of methoxy groups -OCH3 is 1. The summed E-state index contributed by atoms with van der Waals surface area (Å²) in [5.41, 5.74) is 1.86. The highest BCUT2D eigenvalue weighted by molar-refractivity contribution is 6.31. The van der Waals surface area contributed by atoms with E-state index in [1.54, 1.807) is 30.2 Å². The number of ether oxygens (including phenoxy) is 2. The lowest BCUT2D eigenvalue weighted by Gasteiger charge is -2.22. The summed E-state index contributed by atoms with van der Waals surface area (Å²) in [4.78, 5) is 26.9. The lowest BCUT2D eigenvalue weighted by Crippen LogP contribution is -2.31. The predicted octanol–water partition coefficient (Wildman–Crippen LogP) is 4.76. The van der Waals surface area contributed by atoms with Crippen LogP contribution < -0.4 is 19.7 Å². The van der Waals surface area contributed by atoms with Crippen molar-refractivity contribution in [2.75, 3.05) is 25.2 Å². The van der Waals surface area contributed by atoms with Crippen molar-refractivity contribution in [3.63, 3.8) is 0 Å². The molecule has 1 aliphatic rings. The molecule has 1 saturated heterocycles. The monoisotopic (exact) mass is 430 g/mol. The summed E-state index contributed by atoms with van der Waals surface area (Å²) in [5.74, 6) is 1.04. The lowest BCUT2D eigenvalue weighted by molar-refractivity contribution is -0.117. The zero-order valence-electron chi connectivity index (χ0n) is 17.5. The van der Waals surface area contributed by atoms with Crippen LogP contribution in [0.1, 0.15) is 55.1 Å². The molecule has 0 aliphatic carbocycles. The number of carbonyl (C=O) groups excluding carboxylic acids is 2. The molecule has 2 aromatic carbocycles. The molecular weight excluding hydrogens is 404 g/mol. The topological polar surface area (TPSA) is 67.9 Å². The van der Waals surface area contributed by atoms with Gasteiger partial charge in [0.2, 0.25) is 5.91 Å². The number of rotatable bonds is 8. The fourth-order valence-electron chi connectivity index (χ4n) is 3.47. The summed E-state index contributed by atoms with van der Waals surface area (Å²) in [6, 6.07) is 10.3. The highest BCUT2D eigenvalue weighted by Gasteiger charge is 2.26. The maximum atomic E-state index is 13.0. The van der Waals surface area contributed by atoms with Gasteiger partial charge in [-0.15, -0.1) is 0 Å². The molecule has 1 N–H and O–H groups in total. The Bertz CT molecular complexity index is 931. The molecule has 1 unspecified atom stereocenters. The van der Waals surface area contributed by atoms with Crippen molar-refractivity contribution in [3.05, 3.63) is 52.5 Å². The second-order valence-electron chi connectivity index (χ2n) is 7.26. The molecule has 1 aliphatic heterocycles. The van der Waals surface area contributed by atoms with E-state index in [0.717, 1.165) is 18.4 Å². The van der Waals surface area contributed by atoms with Crippen LogP contribution in [0.15, 0.2) is 36.4 Å². The van der Waals surface area contributed by atoms with Gasteiger partial charge in [-0.1, -0.05) is 24.6 Å². The van der Waals surface area contributed by atoms with Gasteiger partial charge in [-0.2, -0.15) is 0 Å². The van der Waals surface area contributed by atoms with Gasteiger partial charge in [-0.25, -0.2) is 0 Å². The molecule has 7 heteroatoms. The van der Waals surface area contributed by atoms with Crippen molar-refractivity contribution < 1.29 is 19.1 Å². The van der Waals surface area contributed by atoms with E-state index in [-0.39, 0.29) is 17.9 Å². The molecule has 30 heavy (non-hydrogen) atoms. The minimum absolute atomic E-state index is 0.00627. The van der Waals surface area contributed by atoms with Gasteiger partial charge in [-0.05, 0) is 55.7 Å². The van der Waals surface area contributed by atoms with Crippen molar-refractivity contribution in [2.24, 2.45) is 0 Å². The Morgan fingerprint density at radius 2 is 2.03 bits per heavy atom. The van der Waals surface area contributed by atoms with E-state index in [1.807, 2.05) is 32.0 Å². The van der Waals surface area contributed by atoms with Crippen LogP contribution in [-0.2, 0) is 4.79 Å². The number of halogens is 1. The van der Waals surface area contributed by atoms with E-state index in [1.165, 1.54) is 0 Å². The zero-order chi connectivity index (χ0) is 21.7. The standard InChI is InChI=1S/C23H27ClN2O4/c1-4-12-30-20-10-7-16(13-21(20)29-3)15(2)25-23(28)18-9-8-17(24)14-19(18)26-11-5-6-22(26)27/h7-10,13-15H,4-6,11-12H2,1-3H3,(H,25,28). The molecule has 1 atom stereocenters. The largest absolute Gasteiger partial charge is 0.493 e. The van der Waals surface area contributed by atoms with Gasteiger partial charge in [0.1, 0.15) is 0 Å². The third-order valence-corrected chi connectivity index (χ3v) is 5.30. The van der Waals surface area contributed by atoms with Crippen LogP contribution in [-0.4, -0.2) is 32.1 Å². The fourth-order valence-corrected chi connectivity index (χ4v) is 3.63. The van der Waals surface area contributed by atoms with Crippen molar-refractivity contribution in [1.82, 2.24) is 5.32 Å². The van der Waals surface area contributed by atoms with Gasteiger partial charge in [-0.3, -0.25) is 9.59 Å². The molecule has 3 rings (SSSR count). The number of hydrogen-bond acceptors (Lipinski definition) is 4. The van der Waals surface area contributed by atoms with Crippen molar-refractivity contribution in [2.45, 2.75) is 39.2 Å². The second-order valence-corrected chi connectivity index (χ2v) is 7.70. The molecule has 6 nitrogen and oxygen atoms in total. The van der Waals surface area contributed by atoms with Gasteiger partial charge in [0.05, 0.1) is 31.0 Å². The third-order valence-electron chi connectivity index (χ3n) is 5.07. The summed E-state index contributed by atoms with van der Waals surface area (Å²) in [6.45, 7) is 5.14. The third kappa shape index (κ3) is 4.87. The number of anilines is 1. The summed E-state index contributed by atoms with van der Waals surface area (Å²) in [5, 5.41) is 3.50. The maximum Gasteiger partial charge on any atom is 0.253 e. The van der Waals surface area contributed by atoms with Crippen LogP contribution in [0.3, 0.4) is 0 Å². The summed E-state index contributed by atoms with van der Waals surface area (Å²) in [6.07, 6.45) is 2.16. The maximum absolute atomic E-state index is 13.0. The number of amides is 2. The zero-order valence-corrected chi connectivity index (χ0v) is 18.3. The smallest absolute Gasteiger partial charge is 0.253 e. The van der Waals surface area contributed by atoms with E-state index >= 15 is 0 Å². The Morgan fingerprint density at radius 1 is 1.23 bits per heavy atom. The van der Waals surface area contributed by atoms with Gasteiger partial charge >= 0.3 is 0 Å². The van der Waals surface area contributed by atoms with Crippen molar-refractivity contribution >= 4 is 29.1 Å². The SMILES string of the molecule is CCCOc1ccc(C(C)NC(=O)c2ccc(Cl)cc2N2CCCC2=O)cc1OC. The number of hydrogen-bond donors (Lipinski definition) is 1. The molecule has 0 spiro atoms. The normalized spacial score (nSPS) is 14.5. The van der Waals surface area contributed by atoms with Crippen LogP contribution in [0, 0.1) is 0 Å². The highest BCUT2D eigenvalue weighted by Crippen LogP contribution is 2.32. The molecule has 2 amide bonds. The van der Waals surface area contributed by atoms with E-state index in [9.17, 15) is 9.59 Å². The molecular formula is C23H27ClN2O4. The first-order chi connectivity index (χ1) is 14.4. The number of carbonyl (C=O) groups is 2. The summed E-state index contributed by atoms with van der Waals surface area (Å²) < 4.78 is 11.1. The van der Waals surface area contributed by atoms with Crippen LogP contribution >= 0.6 is 11.6 Å². The van der Waals surface area contributed by atoms with Crippen molar-refractivity contribution in [1.29, 1.82) is 0 Å². The minimum atomic E-state index is -0.274. The molecule has 0 bridgehead atoms. The molecule has 160 valence electrons. The van der Waals surface area contributed by atoms with Gasteiger partial charge in [0.25, 0.3) is 5.91 Å². The van der Waals surface area contributed by atoms with Gasteiger partial charge in [0, 0.05) is 18.0 Å². The van der Waals surface area contributed by atoms with Crippen LogP contribution in [0.5, 0.6) is 11.5 Å². The van der Waals surface area contributed by atoms with E-state index in [4.69, 9.17) is 21.1 Å². The fraction of sp³-hybridized carbons (Fsp3) is 0.391. The summed E-state index contributed by atoms with van der Waals surface area (Å²) >= 11 is 6.14. The Morgan fingerprint density at radius 3 is 2.70 bits per heavy atom. The first-order valence-corrected chi connectivity index (χ1v) is 10.5. The second kappa shape index (κ2) is 9.85. The Kier molecular flexibility index (Phi) is 7.21. The van der Waals surface area contributed by atoms with Gasteiger partial charge in [0.15, 0.2) is 11.5 Å². The first-order valence-electron chi connectivity index (χ1n) is 10.2. The molecule has 2 aromatic rings. The van der Waals surface area contributed by atoms with Gasteiger partial charge < -0.3 is 19.7 Å². The molecule has 0 saturated carbocycles. The highest BCUT2D eigenvalue weighted by atomic mass is 35.5. The van der Waals surface area contributed by atoms with E-state index < -0.39 is 0 Å². The minimum Gasteiger partial charge on any atom is -0.493 e. The lowest BCUT2D eigenvalue weighted by atomic mass is 10.1. The quantitative estimate of drug-likeness (QED) is 0.655. The molecule has 0 aromatic heterocycles. The number of benzene rings is 2. The van der Waals surface area contributed by atoms with Crippen LogP contribution in [0.4, 0.5) is 5.69 Å². The van der Waals surface area contributed by atoms with E-state index in [2.05, 4.69) is 5.32 Å².